The maximum absolute atomic E-state index is 15.4. The number of hydrogen-bond acceptors (Lipinski definition) is 27. The Morgan fingerprint density at radius 1 is 0.583 bits per heavy atom. The van der Waals surface area contributed by atoms with Crippen LogP contribution in [0.15, 0.2) is 166 Å². The minimum absolute atomic E-state index is 0.00193. The summed E-state index contributed by atoms with van der Waals surface area (Å²) in [6.07, 6.45) is 15.1. The van der Waals surface area contributed by atoms with Crippen LogP contribution in [0.25, 0.3) is 34.4 Å². The molecule has 8 heterocycles. The van der Waals surface area contributed by atoms with Crippen molar-refractivity contribution in [1.29, 1.82) is 0 Å². The van der Waals surface area contributed by atoms with E-state index in [9.17, 15) is 45.9 Å². The number of amides is 1. The Kier molecular flexibility index (Phi) is 36.6. The van der Waals surface area contributed by atoms with Crippen LogP contribution in [-0.2, 0) is 36.3 Å². The largest absolute Gasteiger partial charge is 0.435 e. The van der Waals surface area contributed by atoms with Gasteiger partial charge < -0.3 is 88.0 Å². The van der Waals surface area contributed by atoms with Gasteiger partial charge in [0.25, 0.3) is 45.8 Å². The molecule has 1 aliphatic heterocycles. The van der Waals surface area contributed by atoms with Crippen molar-refractivity contribution in [2.75, 3.05) is 138 Å². The summed E-state index contributed by atoms with van der Waals surface area (Å²) in [6, 6.07) is 20.9. The number of hydrogen-bond donors (Lipinski definition) is 8. The number of carbonyl (C=O) groups is 1. The van der Waals surface area contributed by atoms with Crippen molar-refractivity contribution < 1.29 is 63.1 Å². The van der Waals surface area contributed by atoms with Crippen LogP contribution in [0.3, 0.4) is 0 Å². The number of unbranched alkanes of at least 4 members (excludes halogenated alkanes) is 2. The average molecular weight is 2060 g/mol. The Bertz CT molecular complexity index is 5860. The number of nitrogens with one attached hydrogen (secondary N) is 8. The van der Waals surface area contributed by atoms with E-state index in [2.05, 4.69) is 163 Å². The van der Waals surface area contributed by atoms with E-state index in [0.29, 0.717) is 103 Å². The number of hydroxylamine groups is 1. The zero-order chi connectivity index (χ0) is 91.5. The SMILES string of the molecule is C=CCNc1nnc(-c2cn(CCCCCN3CCOCC3)c(=O)cc2Nc2ccc(I)cc2C)o1.C=CCNc1nnc(-c2cn(CCCN(C)C)c(=O)c(F)c2Nc2ccc(I)cc2C)o1.CCn1cc(-c2nnc(NCCN(C)C)o2)c(Nc2ccc(OC(F)F)cc2F)c(F)c1=O.Cn1cc(C(=O)NOCC2CC2)c(Nc2ccc(Br)cc2F)c(F)c1=O. The molecule has 4 aromatic carbocycles. The van der Waals surface area contributed by atoms with Crippen molar-refractivity contribution in [2.45, 2.75) is 85.5 Å². The highest BCUT2D eigenvalue weighted by molar-refractivity contribution is 14.1. The first-order chi connectivity index (χ1) is 60.9. The summed E-state index contributed by atoms with van der Waals surface area (Å²) in [5.74, 6) is -5.39. The molecular formula is C85H97BrF7I2N21O11. The zero-order valence-corrected chi connectivity index (χ0v) is 76.7. The number of nitrogens with zero attached hydrogens (tertiary/aromatic N) is 13. The van der Waals surface area contributed by atoms with E-state index < -0.39 is 75.4 Å². The quantitative estimate of drug-likeness (QED) is 0.00586. The lowest BCUT2D eigenvalue weighted by atomic mass is 10.1. The number of morpholine rings is 1. The second-order valence-electron chi connectivity index (χ2n) is 29.6. The van der Waals surface area contributed by atoms with Gasteiger partial charge in [0.15, 0.2) is 0 Å². The number of alkyl halides is 2. The Balaban J connectivity index is 0.000000178. The predicted molar refractivity (Wildman–Crippen MR) is 492 cm³/mol. The summed E-state index contributed by atoms with van der Waals surface area (Å²) >= 11 is 7.62. The molecule has 127 heavy (non-hydrogen) atoms. The molecular weight excluding hydrogens is 1960 g/mol. The second kappa shape index (κ2) is 47.5. The smallest absolute Gasteiger partial charge is 0.387 e. The average Bonchev–Trinajstić information content (AvgIpc) is 1.79. The zero-order valence-electron chi connectivity index (χ0n) is 70.8. The fraction of sp³-hybridized carbons (Fsp3) is 0.353. The number of anilines is 11. The monoisotopic (exact) mass is 2050 g/mol. The van der Waals surface area contributed by atoms with E-state index in [-0.39, 0.29) is 64.1 Å². The molecule has 0 spiro atoms. The third-order valence-corrected chi connectivity index (χ3v) is 21.1. The van der Waals surface area contributed by atoms with Gasteiger partial charge in [-0.1, -0.05) is 49.8 Å². The number of benzene rings is 4. The van der Waals surface area contributed by atoms with Gasteiger partial charge in [0.2, 0.25) is 17.5 Å². The molecule has 8 N–H and O–H groups in total. The minimum Gasteiger partial charge on any atom is -0.435 e. The Labute approximate surface area is 761 Å². The molecule has 0 unspecified atom stereocenters. The van der Waals surface area contributed by atoms with Crippen LogP contribution in [0.1, 0.15) is 66.9 Å². The number of ether oxygens (including phenoxy) is 2. The van der Waals surface area contributed by atoms with E-state index in [0.717, 1.165) is 117 Å². The lowest BCUT2D eigenvalue weighted by Crippen LogP contribution is -2.36. The van der Waals surface area contributed by atoms with Gasteiger partial charge in [0.1, 0.15) is 17.4 Å². The summed E-state index contributed by atoms with van der Waals surface area (Å²) in [5, 5.41) is 44.4. The number of rotatable bonds is 38. The van der Waals surface area contributed by atoms with Gasteiger partial charge in [0.05, 0.1) is 76.2 Å². The lowest BCUT2D eigenvalue weighted by Gasteiger charge is -2.26. The maximum Gasteiger partial charge on any atom is 0.387 e. The molecule has 7 aromatic heterocycles. The summed E-state index contributed by atoms with van der Waals surface area (Å²) in [4.78, 5) is 73.9. The molecule has 2 fully saturated rings. The third kappa shape index (κ3) is 28.3. The van der Waals surface area contributed by atoms with E-state index >= 15 is 8.78 Å². The molecule has 32 nitrogen and oxygen atoms in total. The third-order valence-electron chi connectivity index (χ3n) is 19.3. The molecule has 1 aliphatic carbocycles. The van der Waals surface area contributed by atoms with Gasteiger partial charge in [-0.25, -0.2) is 14.3 Å². The molecule has 13 rings (SSSR count). The van der Waals surface area contributed by atoms with Gasteiger partial charge in [-0.3, -0.25) is 33.7 Å². The highest BCUT2D eigenvalue weighted by Crippen LogP contribution is 2.38. The van der Waals surface area contributed by atoms with Crippen LogP contribution < -0.4 is 69.7 Å². The van der Waals surface area contributed by atoms with E-state index in [1.807, 2.05) is 88.4 Å². The van der Waals surface area contributed by atoms with E-state index in [1.165, 1.54) is 36.1 Å². The number of likely N-dealkylation sites (N-methyl/N-ethyl adjacent to an activating group) is 1. The van der Waals surface area contributed by atoms with E-state index in [4.69, 9.17) is 22.8 Å². The molecule has 42 heteroatoms. The molecule has 1 amide bonds. The number of pyridine rings is 4. The molecule has 678 valence electrons. The van der Waals surface area contributed by atoms with Crippen molar-refractivity contribution in [3.05, 3.63) is 228 Å². The number of halogens is 10. The first-order valence-electron chi connectivity index (χ1n) is 40.1. The van der Waals surface area contributed by atoms with Crippen LogP contribution in [0.4, 0.5) is 94.3 Å². The molecule has 11 aromatic rings. The summed E-state index contributed by atoms with van der Waals surface area (Å²) in [7, 11) is 8.99. The van der Waals surface area contributed by atoms with Crippen molar-refractivity contribution in [3.8, 4) is 40.1 Å². The predicted octanol–water partition coefficient (Wildman–Crippen LogP) is 15.7. The minimum atomic E-state index is -3.13. The van der Waals surface area contributed by atoms with Crippen LogP contribution >= 0.6 is 61.1 Å². The summed E-state index contributed by atoms with van der Waals surface area (Å²) < 4.78 is 133. The van der Waals surface area contributed by atoms with Gasteiger partial charge in [-0.05, 0) is 223 Å². The fourth-order valence-electron chi connectivity index (χ4n) is 12.3. The molecule has 0 bridgehead atoms. The second-order valence-corrected chi connectivity index (χ2v) is 33.0. The lowest BCUT2D eigenvalue weighted by molar-refractivity contribution is -0.0500. The van der Waals surface area contributed by atoms with Crippen LogP contribution in [0.2, 0.25) is 0 Å². The normalized spacial score (nSPS) is 12.5. The Morgan fingerprint density at radius 3 is 1.64 bits per heavy atom. The van der Waals surface area contributed by atoms with Crippen molar-refractivity contribution in [1.82, 2.24) is 69.0 Å². The van der Waals surface area contributed by atoms with Crippen LogP contribution in [0, 0.1) is 56.0 Å². The molecule has 1 saturated heterocycles. The maximum atomic E-state index is 15.4. The molecule has 2 aliphatic rings. The first kappa shape index (κ1) is 97.9. The van der Waals surface area contributed by atoms with Crippen molar-refractivity contribution in [2.24, 2.45) is 13.0 Å². The van der Waals surface area contributed by atoms with Crippen molar-refractivity contribution >= 4 is 131 Å². The topological polar surface area (TPSA) is 355 Å². The Morgan fingerprint density at radius 2 is 1.09 bits per heavy atom. The number of aryl methyl sites for hydroxylation is 6. The number of carbonyl (C=O) groups excluding carboxylic acids is 1. The van der Waals surface area contributed by atoms with Crippen LogP contribution in [-0.4, -0.2) is 176 Å². The highest BCUT2D eigenvalue weighted by Gasteiger charge is 2.28. The summed E-state index contributed by atoms with van der Waals surface area (Å²) in [6.45, 7) is 18.9. The van der Waals surface area contributed by atoms with Gasteiger partial charge >= 0.3 is 24.7 Å². The summed E-state index contributed by atoms with van der Waals surface area (Å²) in [5.41, 5.74) is 3.43. The van der Waals surface area contributed by atoms with E-state index in [1.54, 1.807) is 42.0 Å². The van der Waals surface area contributed by atoms with Gasteiger partial charge in [-0.2, -0.15) is 22.0 Å². The fourth-order valence-corrected chi connectivity index (χ4v) is 14.0. The molecule has 0 atom stereocenters. The highest BCUT2D eigenvalue weighted by atomic mass is 127. The standard InChI is InChI=1S/C26H33IN6O3.C22H26FIN6O2.C20H22F4N6O3.C17H16BrF2N3O3/c1-3-9-28-26-31-30-25(36-26)21-18-33(11-6-4-5-10-32-12-14-35-15-13-32)24(34)17-23(21)29-22-8-7-20(27)16-19(22)2;1-5-9-25-22-28-27-20(32-22)16-13-30(11-6-10-29(3)4)21(31)18(23)19(16)26-17-8-7-15(24)12-14(17)2;1-4-30-10-12(17-27-28-20(33-17)25-7-8-29(2)3)16(15(22)18(30)31)26-14-6-5-11(9-13(14)21)32-19(23)24;1-23-7-11(16(24)22-26-8-9-2-3-9)15(14(20)17(23)25)21-13-5-4-10(18)6-12(13)19/h3,7-8,16-18,29H,1,4-6,9-15H2,2H3,(H,28,31);5,7-8,12-13,26H,1,6,9-11H2,2-4H3,(H,25,28);5-6,9-10,19,26H,4,7-8H2,1-3H3,(H,25,28);4-7,9,21H,2-3,8H2,1H3,(H,22,24). The molecule has 1 saturated carbocycles. The number of aromatic nitrogens is 10. The van der Waals surface area contributed by atoms with Gasteiger partial charge in [-0.15, -0.1) is 28.5 Å². The molecule has 0 radical (unpaired) electrons. The van der Waals surface area contributed by atoms with Gasteiger partial charge in [0, 0.05) is 126 Å². The Hall–Kier alpha value is -11.3. The van der Waals surface area contributed by atoms with Crippen molar-refractivity contribution in [3.63, 3.8) is 0 Å². The first-order valence-corrected chi connectivity index (χ1v) is 43.1. The van der Waals surface area contributed by atoms with Crippen LogP contribution in [0.5, 0.6) is 5.75 Å².